The lowest BCUT2D eigenvalue weighted by Crippen LogP contribution is -2.45. The van der Waals surface area contributed by atoms with Crippen molar-refractivity contribution in [2.24, 2.45) is 5.92 Å². The number of benzene rings is 1. The molecule has 22 heavy (non-hydrogen) atoms. The second kappa shape index (κ2) is 8.30. The summed E-state index contributed by atoms with van der Waals surface area (Å²) in [4.78, 5) is 15.0. The number of piperazine rings is 1. The Balaban J connectivity index is 1.98. The minimum Gasteiger partial charge on any atom is -0.494 e. The maximum absolute atomic E-state index is 12.7. The van der Waals surface area contributed by atoms with Gasteiger partial charge in [-0.1, -0.05) is 13.8 Å². The molecule has 0 aliphatic carbocycles. The van der Waals surface area contributed by atoms with Crippen LogP contribution >= 0.6 is 0 Å². The molecular weight excluding hydrogens is 276 g/mol. The lowest BCUT2D eigenvalue weighted by molar-refractivity contribution is 0.0886. The quantitative estimate of drug-likeness (QED) is 0.786. The zero-order valence-corrected chi connectivity index (χ0v) is 14.0. The molecule has 1 aliphatic rings. The average molecular weight is 304 g/mol. The number of ether oxygens (including phenoxy) is 1. The smallest absolute Gasteiger partial charge is 0.167 e. The highest BCUT2D eigenvalue weighted by molar-refractivity contribution is 5.99. The van der Waals surface area contributed by atoms with Gasteiger partial charge in [0, 0.05) is 44.2 Å². The third-order valence-electron chi connectivity index (χ3n) is 4.13. The maximum atomic E-state index is 12.7. The molecule has 4 heteroatoms. The number of rotatable bonds is 7. The van der Waals surface area contributed by atoms with Gasteiger partial charge in [-0.05, 0) is 37.1 Å². The van der Waals surface area contributed by atoms with Crippen LogP contribution in [0, 0.1) is 12.8 Å². The van der Waals surface area contributed by atoms with Gasteiger partial charge in [-0.3, -0.25) is 4.79 Å². The third-order valence-corrected chi connectivity index (χ3v) is 4.13. The molecule has 1 aromatic carbocycles. The molecule has 1 N–H and O–H groups in total. The lowest BCUT2D eigenvalue weighted by atomic mass is 9.95. The van der Waals surface area contributed by atoms with Crippen molar-refractivity contribution in [1.29, 1.82) is 0 Å². The fraction of sp³-hybridized carbons (Fsp3) is 0.611. The monoisotopic (exact) mass is 304 g/mol. The average Bonchev–Trinajstić information content (AvgIpc) is 2.53. The highest BCUT2D eigenvalue weighted by Gasteiger charge is 2.21. The van der Waals surface area contributed by atoms with Gasteiger partial charge in [-0.2, -0.15) is 0 Å². The van der Waals surface area contributed by atoms with Gasteiger partial charge in [0.15, 0.2) is 5.78 Å². The van der Waals surface area contributed by atoms with Crippen LogP contribution in [0.1, 0.15) is 36.2 Å². The molecule has 1 heterocycles. The number of hydrogen-bond donors (Lipinski definition) is 1. The molecule has 1 aromatic rings. The normalized spacial score (nSPS) is 17.2. The van der Waals surface area contributed by atoms with Crippen molar-refractivity contribution in [3.8, 4) is 5.75 Å². The first kappa shape index (κ1) is 17.0. The van der Waals surface area contributed by atoms with E-state index in [1.54, 1.807) is 0 Å². The summed E-state index contributed by atoms with van der Waals surface area (Å²) in [7, 11) is 0. The molecule has 1 fully saturated rings. The van der Waals surface area contributed by atoms with E-state index in [2.05, 4.69) is 17.1 Å². The number of nitrogens with zero attached hydrogens (tertiary/aromatic N) is 1. The number of nitrogens with one attached hydrogen (secondary N) is 1. The van der Waals surface area contributed by atoms with Crippen molar-refractivity contribution in [3.63, 3.8) is 0 Å². The van der Waals surface area contributed by atoms with Crippen LogP contribution in [0.15, 0.2) is 18.2 Å². The lowest BCUT2D eigenvalue weighted by Gasteiger charge is -2.29. The van der Waals surface area contributed by atoms with E-state index in [1.807, 2.05) is 32.0 Å². The molecule has 1 unspecified atom stereocenters. The van der Waals surface area contributed by atoms with Crippen LogP contribution in [0.25, 0.3) is 0 Å². The number of Topliss-reactive ketones (excluding diaryl/α,β-unsaturated/α-hetero) is 1. The number of carbonyl (C=O) groups excluding carboxylic acids is 1. The van der Waals surface area contributed by atoms with Gasteiger partial charge in [0.1, 0.15) is 5.75 Å². The molecular formula is C18H28N2O2. The molecule has 0 amide bonds. The van der Waals surface area contributed by atoms with Crippen LogP contribution in [-0.4, -0.2) is 50.0 Å². The molecule has 0 radical (unpaired) electrons. The molecule has 0 aromatic heterocycles. The number of ketones is 1. The molecule has 122 valence electrons. The number of aryl methyl sites for hydroxylation is 1. The van der Waals surface area contributed by atoms with E-state index >= 15 is 0 Å². The van der Waals surface area contributed by atoms with Crippen LogP contribution in [0.5, 0.6) is 5.75 Å². The third kappa shape index (κ3) is 4.55. The summed E-state index contributed by atoms with van der Waals surface area (Å²) in [6.45, 7) is 11.8. The maximum Gasteiger partial charge on any atom is 0.167 e. The molecule has 1 saturated heterocycles. The molecule has 0 spiro atoms. The predicted molar refractivity (Wildman–Crippen MR) is 89.8 cm³/mol. The molecule has 1 atom stereocenters. The second-order valence-corrected chi connectivity index (χ2v) is 6.14. The predicted octanol–water partition coefficient (Wildman–Crippen LogP) is 2.51. The number of hydrogen-bond acceptors (Lipinski definition) is 4. The molecule has 0 saturated carbocycles. The van der Waals surface area contributed by atoms with Crippen molar-refractivity contribution >= 4 is 5.78 Å². The van der Waals surface area contributed by atoms with Crippen molar-refractivity contribution in [2.75, 3.05) is 39.3 Å². The Hall–Kier alpha value is -1.39. The summed E-state index contributed by atoms with van der Waals surface area (Å²) in [6, 6.07) is 5.80. The highest BCUT2D eigenvalue weighted by atomic mass is 16.5. The Kier molecular flexibility index (Phi) is 6.40. The van der Waals surface area contributed by atoms with Crippen LogP contribution in [0.4, 0.5) is 0 Å². The van der Waals surface area contributed by atoms with E-state index in [-0.39, 0.29) is 11.7 Å². The van der Waals surface area contributed by atoms with Gasteiger partial charge in [0.2, 0.25) is 0 Å². The summed E-state index contributed by atoms with van der Waals surface area (Å²) in [6.07, 6.45) is 0.988. The van der Waals surface area contributed by atoms with Gasteiger partial charge in [-0.25, -0.2) is 0 Å². The Labute approximate surface area is 133 Å². The first-order valence-corrected chi connectivity index (χ1v) is 8.32. The van der Waals surface area contributed by atoms with E-state index in [1.165, 1.54) is 0 Å². The van der Waals surface area contributed by atoms with E-state index in [0.29, 0.717) is 6.61 Å². The van der Waals surface area contributed by atoms with Gasteiger partial charge in [0.05, 0.1) is 6.61 Å². The first-order chi connectivity index (χ1) is 10.6. The summed E-state index contributed by atoms with van der Waals surface area (Å²) < 4.78 is 5.63. The summed E-state index contributed by atoms with van der Waals surface area (Å²) >= 11 is 0. The topological polar surface area (TPSA) is 41.6 Å². The van der Waals surface area contributed by atoms with E-state index < -0.39 is 0 Å². The van der Waals surface area contributed by atoms with Crippen molar-refractivity contribution in [3.05, 3.63) is 29.3 Å². The van der Waals surface area contributed by atoms with Crippen molar-refractivity contribution in [1.82, 2.24) is 10.2 Å². The summed E-state index contributed by atoms with van der Waals surface area (Å²) in [5.41, 5.74) is 1.83. The van der Waals surface area contributed by atoms with E-state index in [4.69, 9.17) is 4.74 Å². The Morgan fingerprint density at radius 2 is 2.09 bits per heavy atom. The zero-order chi connectivity index (χ0) is 15.9. The molecule has 2 rings (SSSR count). The Morgan fingerprint density at radius 3 is 2.73 bits per heavy atom. The number of carbonyl (C=O) groups is 1. The van der Waals surface area contributed by atoms with Crippen molar-refractivity contribution in [2.45, 2.75) is 27.2 Å². The van der Waals surface area contributed by atoms with E-state index in [0.717, 1.165) is 56.0 Å². The second-order valence-electron chi connectivity index (χ2n) is 6.14. The van der Waals surface area contributed by atoms with Gasteiger partial charge < -0.3 is 15.0 Å². The van der Waals surface area contributed by atoms with Gasteiger partial charge >= 0.3 is 0 Å². The fourth-order valence-corrected chi connectivity index (χ4v) is 2.85. The minimum absolute atomic E-state index is 0.0270. The van der Waals surface area contributed by atoms with E-state index in [9.17, 15) is 4.79 Å². The van der Waals surface area contributed by atoms with Crippen LogP contribution in [-0.2, 0) is 0 Å². The summed E-state index contributed by atoms with van der Waals surface area (Å²) in [5, 5.41) is 3.34. The largest absolute Gasteiger partial charge is 0.494 e. The summed E-state index contributed by atoms with van der Waals surface area (Å²) in [5.74, 6) is 1.11. The van der Waals surface area contributed by atoms with Crippen LogP contribution in [0.3, 0.4) is 0 Å². The molecule has 1 aliphatic heterocycles. The zero-order valence-electron chi connectivity index (χ0n) is 14.0. The van der Waals surface area contributed by atoms with Gasteiger partial charge in [-0.15, -0.1) is 0 Å². The Bertz CT molecular complexity index is 496. The van der Waals surface area contributed by atoms with Crippen LogP contribution < -0.4 is 10.1 Å². The molecule has 4 nitrogen and oxygen atoms in total. The molecule has 0 bridgehead atoms. The fourth-order valence-electron chi connectivity index (χ4n) is 2.85. The highest BCUT2D eigenvalue weighted by Crippen LogP contribution is 2.20. The standard InChI is InChI=1S/C18H28N2O2/c1-4-11-22-16-5-6-17(14(2)12-16)18(21)15(3)13-20-9-7-19-8-10-20/h5-6,12,15,19H,4,7-11,13H2,1-3H3. The Morgan fingerprint density at radius 1 is 1.36 bits per heavy atom. The van der Waals surface area contributed by atoms with Crippen LogP contribution in [0.2, 0.25) is 0 Å². The first-order valence-electron chi connectivity index (χ1n) is 8.32. The van der Waals surface area contributed by atoms with Crippen molar-refractivity contribution < 1.29 is 9.53 Å². The minimum atomic E-state index is 0.0270. The van der Waals surface area contributed by atoms with Gasteiger partial charge in [0.25, 0.3) is 0 Å². The SMILES string of the molecule is CCCOc1ccc(C(=O)C(C)CN2CCNCC2)c(C)c1.